The molecular formula is C26H35N5O. The Bertz CT molecular complexity index is 1080. The molecular weight excluding hydrogens is 398 g/mol. The molecule has 1 aromatic heterocycles. The quantitative estimate of drug-likeness (QED) is 0.438. The number of rotatable bonds is 11. The van der Waals surface area contributed by atoms with Gasteiger partial charge < -0.3 is 24.8 Å². The lowest BCUT2D eigenvalue weighted by molar-refractivity contribution is 0.292. The second-order valence-electron chi connectivity index (χ2n) is 8.39. The molecule has 2 aromatic carbocycles. The van der Waals surface area contributed by atoms with E-state index in [0.29, 0.717) is 0 Å². The van der Waals surface area contributed by atoms with Crippen molar-refractivity contribution in [1.82, 2.24) is 19.8 Å². The molecule has 32 heavy (non-hydrogen) atoms. The first kappa shape index (κ1) is 22.2. The number of ether oxygens (including phenoxy) is 1. The number of nitrogens with one attached hydrogen (secondary N) is 2. The van der Waals surface area contributed by atoms with Crippen molar-refractivity contribution in [3.63, 3.8) is 0 Å². The van der Waals surface area contributed by atoms with E-state index in [-0.39, 0.29) is 6.04 Å². The predicted octanol–water partition coefficient (Wildman–Crippen LogP) is 5.15. The van der Waals surface area contributed by atoms with Gasteiger partial charge in [-0.1, -0.05) is 26.0 Å². The van der Waals surface area contributed by atoms with Crippen LogP contribution in [0, 0.1) is 0 Å². The molecule has 170 valence electrons. The summed E-state index contributed by atoms with van der Waals surface area (Å²) in [4.78, 5) is 7.03. The van der Waals surface area contributed by atoms with Crippen molar-refractivity contribution in [2.45, 2.75) is 46.2 Å². The highest BCUT2D eigenvalue weighted by atomic mass is 16.5. The van der Waals surface area contributed by atoms with Gasteiger partial charge in [0.2, 0.25) is 0 Å². The number of fused-ring (bicyclic) bond motifs is 1. The average Bonchev–Trinajstić information content (AvgIpc) is 3.23. The van der Waals surface area contributed by atoms with Crippen LogP contribution in [0.4, 0.5) is 5.69 Å². The molecule has 0 aliphatic heterocycles. The van der Waals surface area contributed by atoms with E-state index >= 15 is 0 Å². The minimum absolute atomic E-state index is 0.223. The number of anilines is 1. The third-order valence-corrected chi connectivity index (χ3v) is 6.44. The summed E-state index contributed by atoms with van der Waals surface area (Å²) in [5.41, 5.74) is 7.12. The molecule has 1 aliphatic rings. The number of nitrogens with zero attached hydrogens (tertiary/aromatic N) is 3. The number of hydrogen-bond acceptors (Lipinski definition) is 5. The molecule has 0 fully saturated rings. The van der Waals surface area contributed by atoms with Gasteiger partial charge in [-0.15, -0.1) is 0 Å². The molecule has 0 saturated heterocycles. The maximum atomic E-state index is 5.37. The third kappa shape index (κ3) is 4.91. The van der Waals surface area contributed by atoms with Crippen LogP contribution in [-0.4, -0.2) is 41.2 Å². The smallest absolute Gasteiger partial charge is 0.119 e. The van der Waals surface area contributed by atoms with E-state index in [1.807, 2.05) is 18.5 Å². The van der Waals surface area contributed by atoms with Crippen molar-refractivity contribution in [3.05, 3.63) is 65.7 Å². The molecule has 4 rings (SSSR count). The minimum atomic E-state index is 0.223. The molecule has 0 amide bonds. The van der Waals surface area contributed by atoms with Gasteiger partial charge in [-0.05, 0) is 68.8 Å². The fraction of sp³-hybridized carbons (Fsp3) is 0.423. The van der Waals surface area contributed by atoms with Gasteiger partial charge in [-0.2, -0.15) is 0 Å². The fourth-order valence-corrected chi connectivity index (χ4v) is 4.20. The Morgan fingerprint density at radius 2 is 1.91 bits per heavy atom. The molecule has 0 unspecified atom stereocenters. The van der Waals surface area contributed by atoms with Gasteiger partial charge in [0.1, 0.15) is 5.75 Å². The van der Waals surface area contributed by atoms with Gasteiger partial charge in [-0.25, -0.2) is 4.98 Å². The SMILES string of the molecule is CCN(CC)CCn1cnc2ccc(NC3=C(N[C@H](C)c4cccc(OC)c4)CC3)cc21. The van der Waals surface area contributed by atoms with E-state index in [0.717, 1.165) is 56.0 Å². The van der Waals surface area contributed by atoms with Gasteiger partial charge in [0.15, 0.2) is 0 Å². The lowest BCUT2D eigenvalue weighted by Crippen LogP contribution is -2.27. The van der Waals surface area contributed by atoms with E-state index in [2.05, 4.69) is 76.2 Å². The van der Waals surface area contributed by atoms with Crippen LogP contribution in [0.5, 0.6) is 5.75 Å². The second kappa shape index (κ2) is 10.1. The van der Waals surface area contributed by atoms with E-state index in [4.69, 9.17) is 4.74 Å². The predicted molar refractivity (Wildman–Crippen MR) is 132 cm³/mol. The Hall–Kier alpha value is -2.99. The van der Waals surface area contributed by atoms with Crippen LogP contribution < -0.4 is 15.4 Å². The summed E-state index contributed by atoms with van der Waals surface area (Å²) in [6, 6.07) is 14.9. The first-order chi connectivity index (χ1) is 15.6. The average molecular weight is 434 g/mol. The van der Waals surface area contributed by atoms with Crippen LogP contribution in [-0.2, 0) is 6.54 Å². The first-order valence-electron chi connectivity index (χ1n) is 11.7. The van der Waals surface area contributed by atoms with Crippen LogP contribution in [0.3, 0.4) is 0 Å². The number of allylic oxidation sites excluding steroid dienone is 2. The van der Waals surface area contributed by atoms with E-state index < -0.39 is 0 Å². The maximum Gasteiger partial charge on any atom is 0.119 e. The molecule has 0 saturated carbocycles. The lowest BCUT2D eigenvalue weighted by Gasteiger charge is -2.29. The molecule has 6 nitrogen and oxygen atoms in total. The van der Waals surface area contributed by atoms with Crippen molar-refractivity contribution in [3.8, 4) is 5.75 Å². The number of likely N-dealkylation sites (N-methyl/N-ethyl adjacent to an activating group) is 1. The first-order valence-corrected chi connectivity index (χ1v) is 11.7. The molecule has 1 aliphatic carbocycles. The fourth-order valence-electron chi connectivity index (χ4n) is 4.20. The molecule has 2 N–H and O–H groups in total. The Kier molecular flexibility index (Phi) is 7.00. The van der Waals surface area contributed by atoms with Crippen LogP contribution in [0.2, 0.25) is 0 Å². The number of methoxy groups -OCH3 is 1. The van der Waals surface area contributed by atoms with Crippen molar-refractivity contribution in [2.75, 3.05) is 32.1 Å². The summed E-state index contributed by atoms with van der Waals surface area (Å²) in [6.07, 6.45) is 4.09. The molecule has 0 bridgehead atoms. The highest BCUT2D eigenvalue weighted by Gasteiger charge is 2.20. The van der Waals surface area contributed by atoms with Crippen molar-refractivity contribution >= 4 is 16.7 Å². The molecule has 1 atom stereocenters. The number of hydrogen-bond donors (Lipinski definition) is 2. The van der Waals surface area contributed by atoms with Crippen molar-refractivity contribution in [1.29, 1.82) is 0 Å². The van der Waals surface area contributed by atoms with E-state index in [9.17, 15) is 0 Å². The van der Waals surface area contributed by atoms with Crippen LogP contribution in [0.15, 0.2) is 60.2 Å². The lowest BCUT2D eigenvalue weighted by atomic mass is 9.98. The highest BCUT2D eigenvalue weighted by Crippen LogP contribution is 2.31. The summed E-state index contributed by atoms with van der Waals surface area (Å²) in [5.74, 6) is 0.892. The van der Waals surface area contributed by atoms with Crippen LogP contribution in [0.25, 0.3) is 11.0 Å². The summed E-state index contributed by atoms with van der Waals surface area (Å²) in [7, 11) is 1.71. The summed E-state index contributed by atoms with van der Waals surface area (Å²) >= 11 is 0. The maximum absolute atomic E-state index is 5.37. The topological polar surface area (TPSA) is 54.4 Å². The van der Waals surface area contributed by atoms with E-state index in [1.54, 1.807) is 7.11 Å². The summed E-state index contributed by atoms with van der Waals surface area (Å²) in [5, 5.41) is 7.33. The Labute approximate surface area is 191 Å². The summed E-state index contributed by atoms with van der Waals surface area (Å²) < 4.78 is 7.63. The van der Waals surface area contributed by atoms with Gasteiger partial charge in [-0.3, -0.25) is 0 Å². The largest absolute Gasteiger partial charge is 0.497 e. The molecule has 0 radical (unpaired) electrons. The normalized spacial score (nSPS) is 14.5. The van der Waals surface area contributed by atoms with Crippen LogP contribution in [0.1, 0.15) is 45.2 Å². The zero-order chi connectivity index (χ0) is 22.5. The Morgan fingerprint density at radius 1 is 1.09 bits per heavy atom. The van der Waals surface area contributed by atoms with Gasteiger partial charge in [0.05, 0.1) is 24.5 Å². The zero-order valence-electron chi connectivity index (χ0n) is 19.7. The molecule has 6 heteroatoms. The number of imidazole rings is 1. The minimum Gasteiger partial charge on any atom is -0.497 e. The third-order valence-electron chi connectivity index (χ3n) is 6.44. The highest BCUT2D eigenvalue weighted by molar-refractivity contribution is 5.80. The molecule has 3 aromatic rings. The van der Waals surface area contributed by atoms with Crippen molar-refractivity contribution < 1.29 is 4.74 Å². The van der Waals surface area contributed by atoms with Gasteiger partial charge in [0.25, 0.3) is 0 Å². The Morgan fingerprint density at radius 3 is 2.62 bits per heavy atom. The number of benzene rings is 2. The standard InChI is InChI=1S/C26H35N5O/c1-5-30(6-2)14-15-31-18-27-25-11-10-21(17-26(25)31)29-24-13-12-23(24)28-19(3)20-8-7-9-22(16-20)32-4/h7-11,16-19,28-29H,5-6,12-15H2,1-4H3/t19-/m1/s1. The Balaban J connectivity index is 1.45. The monoisotopic (exact) mass is 433 g/mol. The molecule has 1 heterocycles. The van der Waals surface area contributed by atoms with E-state index in [1.165, 1.54) is 22.5 Å². The second-order valence-corrected chi connectivity index (χ2v) is 8.39. The summed E-state index contributed by atoms with van der Waals surface area (Å²) in [6.45, 7) is 10.8. The van der Waals surface area contributed by atoms with Gasteiger partial charge >= 0.3 is 0 Å². The van der Waals surface area contributed by atoms with Crippen molar-refractivity contribution in [2.24, 2.45) is 0 Å². The van der Waals surface area contributed by atoms with Gasteiger partial charge in [0, 0.05) is 36.2 Å². The molecule has 0 spiro atoms. The van der Waals surface area contributed by atoms with Crippen LogP contribution >= 0.6 is 0 Å². The zero-order valence-corrected chi connectivity index (χ0v) is 19.7. The number of aromatic nitrogens is 2.